The second-order valence-electron chi connectivity index (χ2n) is 19.3. The van der Waals surface area contributed by atoms with E-state index < -0.39 is 17.4 Å². The molecule has 364 valence electrons. The van der Waals surface area contributed by atoms with Gasteiger partial charge in [-0.1, -0.05) is 42.5 Å². The molecule has 4 saturated heterocycles. The van der Waals surface area contributed by atoms with Crippen molar-refractivity contribution in [2.24, 2.45) is 11.3 Å². The van der Waals surface area contributed by atoms with Crippen LogP contribution in [-0.4, -0.2) is 111 Å². The largest absolute Gasteiger partial charge is 0.477 e. The van der Waals surface area contributed by atoms with E-state index >= 15 is 0 Å². The van der Waals surface area contributed by atoms with Gasteiger partial charge >= 0.3 is 0 Å². The number of benzene rings is 3. The zero-order chi connectivity index (χ0) is 48.9. The van der Waals surface area contributed by atoms with E-state index in [1.54, 1.807) is 42.7 Å². The molecule has 18 heteroatoms. The molecule has 3 aromatic heterocycles. The van der Waals surface area contributed by atoms with Crippen molar-refractivity contribution in [3.05, 3.63) is 134 Å². The van der Waals surface area contributed by atoms with Gasteiger partial charge in [0, 0.05) is 84.3 Å². The van der Waals surface area contributed by atoms with E-state index in [4.69, 9.17) is 9.72 Å². The summed E-state index contributed by atoms with van der Waals surface area (Å²) in [5, 5.41) is 34.8. The van der Waals surface area contributed by atoms with Crippen LogP contribution >= 0.6 is 0 Å². The number of nitriles is 1. The smallest absolute Gasteiger partial charge is 0.275 e. The highest BCUT2D eigenvalue weighted by Crippen LogP contribution is 2.39. The lowest BCUT2D eigenvalue weighted by Crippen LogP contribution is -2.63. The minimum absolute atomic E-state index is 0.0649. The molecule has 4 aliphatic heterocycles. The number of carbonyl (C=O) groups is 3. The van der Waals surface area contributed by atoms with Gasteiger partial charge in [-0.15, -0.1) is 0 Å². The molecule has 4 aliphatic rings. The minimum atomic E-state index is -0.821. The molecular formula is C53H56N12O6. The van der Waals surface area contributed by atoms with Gasteiger partial charge in [0.05, 0.1) is 41.6 Å². The van der Waals surface area contributed by atoms with E-state index in [1.165, 1.54) is 4.68 Å². The van der Waals surface area contributed by atoms with Crippen LogP contribution in [-0.2, 0) is 20.8 Å². The molecule has 0 aliphatic carbocycles. The van der Waals surface area contributed by atoms with Crippen molar-refractivity contribution in [1.82, 2.24) is 56.1 Å². The van der Waals surface area contributed by atoms with Gasteiger partial charge in [-0.2, -0.15) is 20.4 Å². The molecule has 5 unspecified atom stereocenters. The average molecular weight is 957 g/mol. The Balaban J connectivity index is 0.801. The topological polar surface area (TPSA) is 242 Å². The number of ether oxygens (including phenoxy) is 1. The Kier molecular flexibility index (Phi) is 14.0. The van der Waals surface area contributed by atoms with Gasteiger partial charge in [0.15, 0.2) is 5.82 Å². The van der Waals surface area contributed by atoms with Gasteiger partial charge in [0.25, 0.3) is 17.0 Å². The standard InChI is InChI=1S/C53H56N12O6/c54-28-35-2-1-3-37(23-35)44-27-39(50(68)63-62-44)22-33-4-6-36(7-5-33)49-58-17-13-48(61-49)71-32-53(14-18-55-19-15-53)46(31-66)64-21-20-56-30-41(64)24-34-12-16-57-43(25-34)38-8-9-42-40(26-38)29-59-65(52(42)70)45-10-11-47(67)60-51(45)69/h1-9,13,17,23,26-27,29,31,34,41,43,45-46,55-57H,10-12,14-16,18-22,24-25,30,32H2,(H,63,68)(H,60,67,69). The van der Waals surface area contributed by atoms with E-state index in [1.807, 2.05) is 48.5 Å². The molecule has 7 heterocycles. The molecule has 2 amide bonds. The Morgan fingerprint density at radius 1 is 0.930 bits per heavy atom. The maximum Gasteiger partial charge on any atom is 0.275 e. The summed E-state index contributed by atoms with van der Waals surface area (Å²) in [6, 6.07) is 25.3. The number of hydrogen-bond acceptors (Lipinski definition) is 15. The number of piperidine rings is 3. The maximum atomic E-state index is 13.5. The summed E-state index contributed by atoms with van der Waals surface area (Å²) in [6.07, 6.45) is 9.58. The highest BCUT2D eigenvalue weighted by Gasteiger charge is 2.46. The normalized spacial score (nSPS) is 22.0. The number of aldehydes is 1. The first kappa shape index (κ1) is 47.4. The van der Waals surface area contributed by atoms with Crippen molar-refractivity contribution < 1.29 is 19.1 Å². The zero-order valence-corrected chi connectivity index (χ0v) is 39.3. The second kappa shape index (κ2) is 21.0. The van der Waals surface area contributed by atoms with Gasteiger partial charge in [-0.05, 0) is 106 Å². The highest BCUT2D eigenvalue weighted by atomic mass is 16.5. The third-order valence-electron chi connectivity index (χ3n) is 14.9. The molecule has 0 saturated carbocycles. The van der Waals surface area contributed by atoms with E-state index in [0.29, 0.717) is 58.2 Å². The van der Waals surface area contributed by atoms with Crippen molar-refractivity contribution in [2.75, 3.05) is 45.9 Å². The molecular weight excluding hydrogens is 901 g/mol. The highest BCUT2D eigenvalue weighted by molar-refractivity contribution is 5.99. The number of nitrogens with one attached hydrogen (secondary N) is 5. The molecule has 71 heavy (non-hydrogen) atoms. The van der Waals surface area contributed by atoms with Crippen LogP contribution < -0.4 is 37.1 Å². The minimum Gasteiger partial charge on any atom is -0.477 e. The van der Waals surface area contributed by atoms with Gasteiger partial charge in [-0.3, -0.25) is 29.4 Å². The van der Waals surface area contributed by atoms with Gasteiger partial charge in [0.1, 0.15) is 12.3 Å². The second-order valence-corrected chi connectivity index (χ2v) is 19.3. The first-order chi connectivity index (χ1) is 34.7. The SMILES string of the molecule is N#Cc1cccc(-c2cc(Cc3ccc(-c4nccc(OCC5(C(C=O)N6CCNCC6CC6CCNC(c7ccc8c(=O)n(C9CCC(=O)NC9=O)ncc8c7)C6)CCNCC5)n4)cc3)c(=O)[nH]n2)c1. The summed E-state index contributed by atoms with van der Waals surface area (Å²) in [4.78, 5) is 75.9. The number of nitrogens with zero attached hydrogens (tertiary/aromatic N) is 7. The molecule has 3 aromatic carbocycles. The number of amides is 2. The Morgan fingerprint density at radius 2 is 1.79 bits per heavy atom. The monoisotopic (exact) mass is 956 g/mol. The van der Waals surface area contributed by atoms with E-state index in [-0.39, 0.29) is 48.0 Å². The van der Waals surface area contributed by atoms with Crippen LogP contribution in [0.1, 0.15) is 79.3 Å². The number of piperazine rings is 1. The lowest BCUT2D eigenvalue weighted by atomic mass is 9.72. The van der Waals surface area contributed by atoms with Crippen molar-refractivity contribution in [2.45, 2.75) is 75.5 Å². The average Bonchev–Trinajstić information content (AvgIpc) is 3.40. The van der Waals surface area contributed by atoms with E-state index in [2.05, 4.69) is 52.5 Å². The van der Waals surface area contributed by atoms with Gasteiger partial charge in [0.2, 0.25) is 11.8 Å². The summed E-state index contributed by atoms with van der Waals surface area (Å²) < 4.78 is 7.78. The number of fused-ring (bicyclic) bond motifs is 1. The molecule has 0 radical (unpaired) electrons. The molecule has 0 bridgehead atoms. The summed E-state index contributed by atoms with van der Waals surface area (Å²) in [7, 11) is 0. The van der Waals surface area contributed by atoms with Crippen molar-refractivity contribution in [1.29, 1.82) is 5.26 Å². The van der Waals surface area contributed by atoms with Crippen LogP contribution in [0.4, 0.5) is 0 Å². The Bertz CT molecular complexity index is 3110. The summed E-state index contributed by atoms with van der Waals surface area (Å²) >= 11 is 0. The van der Waals surface area contributed by atoms with Crippen molar-refractivity contribution in [3.63, 3.8) is 0 Å². The first-order valence-corrected chi connectivity index (χ1v) is 24.5. The number of imide groups is 1. The molecule has 18 nitrogen and oxygen atoms in total. The van der Waals surface area contributed by atoms with Crippen LogP contribution in [0.3, 0.4) is 0 Å². The van der Waals surface area contributed by atoms with Crippen LogP contribution in [0.2, 0.25) is 0 Å². The third kappa shape index (κ3) is 10.3. The van der Waals surface area contributed by atoms with Gasteiger partial charge < -0.3 is 25.5 Å². The molecule has 4 fully saturated rings. The Morgan fingerprint density at radius 3 is 2.61 bits per heavy atom. The molecule has 6 aromatic rings. The number of aromatic nitrogens is 6. The van der Waals surface area contributed by atoms with Crippen molar-refractivity contribution in [3.8, 4) is 34.6 Å². The molecule has 5 N–H and O–H groups in total. The fourth-order valence-corrected chi connectivity index (χ4v) is 11.0. The Labute approximate surface area is 409 Å². The van der Waals surface area contributed by atoms with Crippen molar-refractivity contribution >= 4 is 28.9 Å². The lowest BCUT2D eigenvalue weighted by Gasteiger charge is -2.50. The number of H-pyrrole nitrogens is 1. The fourth-order valence-electron chi connectivity index (χ4n) is 11.0. The first-order valence-electron chi connectivity index (χ1n) is 24.5. The number of rotatable bonds is 14. The van der Waals surface area contributed by atoms with E-state index in [0.717, 1.165) is 99.9 Å². The quantitative estimate of drug-likeness (QED) is 0.0772. The molecule has 10 rings (SSSR count). The Hall–Kier alpha value is -7.30. The summed E-state index contributed by atoms with van der Waals surface area (Å²) in [5.74, 6) is 0.458. The maximum absolute atomic E-state index is 13.5. The predicted molar refractivity (Wildman–Crippen MR) is 264 cm³/mol. The third-order valence-corrected chi connectivity index (χ3v) is 14.9. The molecule has 0 spiro atoms. The van der Waals surface area contributed by atoms with Crippen LogP contribution in [0.15, 0.2) is 101 Å². The zero-order valence-electron chi connectivity index (χ0n) is 39.3. The fraction of sp³-hybridized carbons (Fsp3) is 0.396. The predicted octanol–water partition coefficient (Wildman–Crippen LogP) is 3.76. The van der Waals surface area contributed by atoms with E-state index in [9.17, 15) is 29.2 Å². The van der Waals surface area contributed by atoms with Crippen LogP contribution in [0.25, 0.3) is 33.4 Å². The number of hydrogen-bond donors (Lipinski definition) is 5. The summed E-state index contributed by atoms with van der Waals surface area (Å²) in [6.45, 7) is 5.01. The lowest BCUT2D eigenvalue weighted by molar-refractivity contribution is -0.136. The number of carbonyl (C=O) groups excluding carboxylic acids is 3. The summed E-state index contributed by atoms with van der Waals surface area (Å²) in [5.41, 5.74) is 4.06. The van der Waals surface area contributed by atoms with Gasteiger partial charge in [-0.25, -0.2) is 14.8 Å². The number of aromatic amines is 1. The van der Waals surface area contributed by atoms with Crippen LogP contribution in [0, 0.1) is 22.7 Å². The molecule has 5 atom stereocenters. The van der Waals surface area contributed by atoms with Crippen LogP contribution in [0.5, 0.6) is 5.88 Å².